The Hall–Kier alpha value is -3.61. The number of amides is 3. The van der Waals surface area contributed by atoms with E-state index in [1.54, 1.807) is 13.0 Å². The summed E-state index contributed by atoms with van der Waals surface area (Å²) in [5.41, 5.74) is 0.0463. The standard InChI is InChI=1S/C33H45N5O7/c1-21(2)15-25(29(39)33(3)20-44-33)34-30(40)26(16-22-7-5-4-6-8-22)35-31(41)27(17-23-9-10-23)36-32(42)28-18-24(45-37-28)19-38-11-13-43-14-12-38/h4-8,18,21,23,25-27H,9-17,19-20H2,1-3H3,(H,34,40)(H,35,41)(H,36,42)/t25-,26-,27-,33+/m0/s1. The molecule has 244 valence electrons. The highest BCUT2D eigenvalue weighted by Crippen LogP contribution is 2.34. The molecule has 0 bridgehead atoms. The topological polar surface area (TPSA) is 155 Å². The van der Waals surface area contributed by atoms with Crippen LogP contribution in [0.3, 0.4) is 0 Å². The zero-order chi connectivity index (χ0) is 32.0. The molecule has 3 fully saturated rings. The van der Waals surface area contributed by atoms with Crippen molar-refractivity contribution in [2.24, 2.45) is 11.8 Å². The van der Waals surface area contributed by atoms with Crippen LogP contribution in [0.4, 0.5) is 0 Å². The number of hydrogen-bond donors (Lipinski definition) is 3. The van der Waals surface area contributed by atoms with Gasteiger partial charge in [-0.05, 0) is 37.2 Å². The number of rotatable bonds is 16. The number of nitrogens with zero attached hydrogens (tertiary/aromatic N) is 2. The Kier molecular flexibility index (Phi) is 10.7. The summed E-state index contributed by atoms with van der Waals surface area (Å²) in [7, 11) is 0. The van der Waals surface area contributed by atoms with Crippen LogP contribution in [0.2, 0.25) is 0 Å². The highest BCUT2D eigenvalue weighted by atomic mass is 16.6. The van der Waals surface area contributed by atoms with E-state index < -0.39 is 41.4 Å². The third-order valence-corrected chi connectivity index (χ3v) is 8.52. The Morgan fingerprint density at radius 1 is 0.978 bits per heavy atom. The van der Waals surface area contributed by atoms with Crippen molar-refractivity contribution in [2.45, 2.75) is 83.1 Å². The highest BCUT2D eigenvalue weighted by Gasteiger charge is 2.50. The molecule has 1 aromatic heterocycles. The molecule has 1 aromatic carbocycles. The number of ketones is 1. The van der Waals surface area contributed by atoms with Crippen LogP contribution in [0.25, 0.3) is 0 Å². The van der Waals surface area contributed by atoms with Gasteiger partial charge < -0.3 is 29.9 Å². The minimum absolute atomic E-state index is 0.0938. The molecule has 12 heteroatoms. The lowest BCUT2D eigenvalue weighted by Gasteiger charge is -2.26. The molecular formula is C33H45N5O7. The van der Waals surface area contributed by atoms with Crippen LogP contribution >= 0.6 is 0 Å². The molecule has 0 spiro atoms. The summed E-state index contributed by atoms with van der Waals surface area (Å²) in [5, 5.41) is 12.6. The van der Waals surface area contributed by atoms with Crippen molar-refractivity contribution < 1.29 is 33.2 Å². The Morgan fingerprint density at radius 2 is 1.64 bits per heavy atom. The molecule has 1 saturated carbocycles. The monoisotopic (exact) mass is 623 g/mol. The van der Waals surface area contributed by atoms with E-state index in [0.717, 1.165) is 31.5 Å². The minimum Gasteiger partial charge on any atom is -0.379 e. The maximum atomic E-state index is 13.8. The smallest absolute Gasteiger partial charge is 0.274 e. The molecule has 3 heterocycles. The van der Waals surface area contributed by atoms with Gasteiger partial charge in [-0.1, -0.05) is 62.2 Å². The molecule has 4 atom stereocenters. The molecule has 5 rings (SSSR count). The minimum atomic E-state index is -0.971. The lowest BCUT2D eigenvalue weighted by atomic mass is 9.93. The van der Waals surface area contributed by atoms with E-state index in [1.165, 1.54) is 0 Å². The first-order valence-electron chi connectivity index (χ1n) is 16.0. The Morgan fingerprint density at radius 3 is 2.29 bits per heavy atom. The zero-order valence-electron chi connectivity index (χ0n) is 26.4. The van der Waals surface area contributed by atoms with Crippen molar-refractivity contribution in [1.82, 2.24) is 26.0 Å². The van der Waals surface area contributed by atoms with Crippen LogP contribution in [-0.4, -0.2) is 90.2 Å². The van der Waals surface area contributed by atoms with E-state index in [-0.39, 0.29) is 23.8 Å². The summed E-state index contributed by atoms with van der Waals surface area (Å²) in [6.07, 6.45) is 3.05. The van der Waals surface area contributed by atoms with Gasteiger partial charge in [0, 0.05) is 25.6 Å². The molecule has 45 heavy (non-hydrogen) atoms. The van der Waals surface area contributed by atoms with Crippen molar-refractivity contribution in [2.75, 3.05) is 32.9 Å². The van der Waals surface area contributed by atoms with Gasteiger partial charge in [0.2, 0.25) is 11.8 Å². The Bertz CT molecular complexity index is 1330. The summed E-state index contributed by atoms with van der Waals surface area (Å²) in [6.45, 7) is 9.35. The number of carbonyl (C=O) groups excluding carboxylic acids is 4. The number of aromatic nitrogens is 1. The average Bonchev–Trinajstić information content (AvgIpc) is 3.95. The van der Waals surface area contributed by atoms with Crippen molar-refractivity contribution in [3.8, 4) is 0 Å². The lowest BCUT2D eigenvalue weighted by molar-refractivity contribution is -0.133. The molecule has 1 aliphatic carbocycles. The molecule has 3 amide bonds. The largest absolute Gasteiger partial charge is 0.379 e. The van der Waals surface area contributed by atoms with Crippen molar-refractivity contribution >= 4 is 23.5 Å². The Labute approximate surface area is 263 Å². The van der Waals surface area contributed by atoms with E-state index >= 15 is 0 Å². The van der Waals surface area contributed by atoms with Gasteiger partial charge in [0.05, 0.1) is 32.4 Å². The molecule has 2 aromatic rings. The SMILES string of the molecule is CC(C)C[C@H](NC(=O)[C@H](Cc1ccccc1)NC(=O)[C@H](CC1CC1)NC(=O)c1cc(CN2CCOCC2)on1)C(=O)[C@@]1(C)CO1. The number of nitrogens with one attached hydrogen (secondary N) is 3. The zero-order valence-corrected chi connectivity index (χ0v) is 26.4. The van der Waals surface area contributed by atoms with Gasteiger partial charge in [0.15, 0.2) is 17.2 Å². The number of epoxide rings is 1. The van der Waals surface area contributed by atoms with E-state index in [0.29, 0.717) is 50.9 Å². The molecule has 12 nitrogen and oxygen atoms in total. The van der Waals surface area contributed by atoms with Gasteiger partial charge in [0.1, 0.15) is 17.7 Å². The fourth-order valence-electron chi connectivity index (χ4n) is 5.55. The highest BCUT2D eigenvalue weighted by molar-refractivity contribution is 5.99. The summed E-state index contributed by atoms with van der Waals surface area (Å²) in [4.78, 5) is 56.1. The lowest BCUT2D eigenvalue weighted by Crippen LogP contribution is -2.57. The fraction of sp³-hybridized carbons (Fsp3) is 0.606. The molecule has 0 radical (unpaired) electrons. The number of hydrogen-bond acceptors (Lipinski definition) is 9. The summed E-state index contributed by atoms with van der Waals surface area (Å²) < 4.78 is 16.2. The first kappa shape index (κ1) is 32.8. The van der Waals surface area contributed by atoms with Gasteiger partial charge in [-0.2, -0.15) is 0 Å². The second kappa shape index (κ2) is 14.7. The number of benzene rings is 1. The van der Waals surface area contributed by atoms with Crippen LogP contribution in [0.5, 0.6) is 0 Å². The maximum absolute atomic E-state index is 13.8. The molecule has 3 aliphatic rings. The maximum Gasteiger partial charge on any atom is 0.274 e. The molecule has 3 N–H and O–H groups in total. The van der Waals surface area contributed by atoms with Crippen molar-refractivity contribution in [3.63, 3.8) is 0 Å². The predicted molar refractivity (Wildman–Crippen MR) is 164 cm³/mol. The van der Waals surface area contributed by atoms with Crippen molar-refractivity contribution in [3.05, 3.63) is 53.4 Å². The normalized spacial score (nSPS) is 21.9. The van der Waals surface area contributed by atoms with Gasteiger partial charge in [-0.15, -0.1) is 0 Å². The van der Waals surface area contributed by atoms with E-state index in [1.807, 2.05) is 44.2 Å². The van der Waals surface area contributed by atoms with Crippen LogP contribution in [0.1, 0.15) is 68.3 Å². The number of ether oxygens (including phenoxy) is 2. The second-order valence-corrected chi connectivity index (χ2v) is 13.1. The second-order valence-electron chi connectivity index (χ2n) is 13.1. The van der Waals surface area contributed by atoms with E-state index in [2.05, 4.69) is 26.0 Å². The number of carbonyl (C=O) groups is 4. The van der Waals surface area contributed by atoms with Crippen molar-refractivity contribution in [1.29, 1.82) is 0 Å². The van der Waals surface area contributed by atoms with E-state index in [9.17, 15) is 19.2 Å². The first-order chi connectivity index (χ1) is 21.6. The van der Waals surface area contributed by atoms with Crippen LogP contribution in [-0.2, 0) is 36.8 Å². The van der Waals surface area contributed by atoms with Crippen LogP contribution in [0.15, 0.2) is 40.9 Å². The van der Waals surface area contributed by atoms with E-state index in [4.69, 9.17) is 14.0 Å². The molecule has 2 aliphatic heterocycles. The van der Waals surface area contributed by atoms with Gasteiger partial charge in [-0.3, -0.25) is 24.1 Å². The average molecular weight is 624 g/mol. The fourth-order valence-corrected chi connectivity index (χ4v) is 5.55. The van der Waals surface area contributed by atoms with Gasteiger partial charge in [0.25, 0.3) is 5.91 Å². The van der Waals surface area contributed by atoms with Gasteiger partial charge in [-0.25, -0.2) is 0 Å². The predicted octanol–water partition coefficient (Wildman–Crippen LogP) is 2.02. The first-order valence-corrected chi connectivity index (χ1v) is 16.0. The summed E-state index contributed by atoms with van der Waals surface area (Å²) >= 11 is 0. The molecule has 2 saturated heterocycles. The number of Topliss-reactive ketones (excluding diaryl/α,β-unsaturated/α-hetero) is 1. The quantitative estimate of drug-likeness (QED) is 0.238. The molecular weight excluding hydrogens is 578 g/mol. The third-order valence-electron chi connectivity index (χ3n) is 8.52. The van der Waals surface area contributed by atoms with Crippen LogP contribution in [0, 0.1) is 11.8 Å². The van der Waals surface area contributed by atoms with Gasteiger partial charge >= 0.3 is 0 Å². The third kappa shape index (κ3) is 9.44. The number of morpholine rings is 1. The Balaban J connectivity index is 1.27. The molecule has 0 unspecified atom stereocenters. The summed E-state index contributed by atoms with van der Waals surface area (Å²) in [5.74, 6) is -0.604. The summed E-state index contributed by atoms with van der Waals surface area (Å²) in [6, 6.07) is 8.37. The van der Waals surface area contributed by atoms with Crippen LogP contribution < -0.4 is 16.0 Å².